The third-order valence-electron chi connectivity index (χ3n) is 3.24. The number of carbonyl (C=O) groups excluding carboxylic acids is 2. The molecule has 1 amide bonds. The molecule has 5 N–H and O–H groups in total. The van der Waals surface area contributed by atoms with Gasteiger partial charge in [0.25, 0.3) is 5.91 Å². The number of esters is 1. The van der Waals surface area contributed by atoms with Gasteiger partial charge in [-0.15, -0.1) is 24.8 Å². The molecule has 0 saturated heterocycles. The maximum atomic E-state index is 11.1. The van der Waals surface area contributed by atoms with Gasteiger partial charge in [-0.25, -0.2) is 4.79 Å². The van der Waals surface area contributed by atoms with E-state index in [0.717, 1.165) is 11.1 Å². The van der Waals surface area contributed by atoms with Crippen LogP contribution in [0, 0.1) is 0 Å². The van der Waals surface area contributed by atoms with Crippen LogP contribution in [0.4, 0.5) is 0 Å². The molecule has 0 heterocycles. The Balaban J connectivity index is 0. The summed E-state index contributed by atoms with van der Waals surface area (Å²) in [6.07, 6.45) is 0. The second-order valence-corrected chi connectivity index (χ2v) is 4.88. The molecule has 0 aliphatic heterocycles. The Kier molecular flexibility index (Phi) is 14.2. The first-order chi connectivity index (χ1) is 11.5. The Bertz CT molecular complexity index is 637. The Morgan fingerprint density at radius 1 is 0.923 bits per heavy atom. The maximum absolute atomic E-state index is 11.1. The number of hydrogen-bond donors (Lipinski definition) is 3. The molecule has 0 aliphatic carbocycles. The smallest absolute Gasteiger partial charge is 0.337 e. The summed E-state index contributed by atoms with van der Waals surface area (Å²) in [5.74, 6) is -0.407. The van der Waals surface area contributed by atoms with Gasteiger partial charge in [-0.1, -0.05) is 24.3 Å². The number of methoxy groups -OCH3 is 1. The lowest BCUT2D eigenvalue weighted by atomic mass is 10.1. The first-order valence-corrected chi connectivity index (χ1v) is 7.44. The molecule has 144 valence electrons. The van der Waals surface area contributed by atoms with Crippen LogP contribution in [-0.2, 0) is 17.8 Å². The topological polar surface area (TPSA) is 107 Å². The average molecular weight is 402 g/mol. The normalized spacial score (nSPS) is 8.77. The van der Waals surface area contributed by atoms with E-state index >= 15 is 0 Å². The van der Waals surface area contributed by atoms with Gasteiger partial charge in [-0.2, -0.15) is 0 Å². The molecule has 0 radical (unpaired) electrons. The predicted octanol–water partition coefficient (Wildman–Crippen LogP) is 2.28. The molecule has 0 spiro atoms. The number of hydrogen-bond acceptors (Lipinski definition) is 5. The highest BCUT2D eigenvalue weighted by molar-refractivity contribution is 5.94. The van der Waals surface area contributed by atoms with E-state index in [0.29, 0.717) is 24.2 Å². The summed E-state index contributed by atoms with van der Waals surface area (Å²) in [6, 6.07) is 14.4. The molecule has 6 nitrogen and oxygen atoms in total. The van der Waals surface area contributed by atoms with Crippen LogP contribution in [0.2, 0.25) is 0 Å². The van der Waals surface area contributed by atoms with Gasteiger partial charge in [0.2, 0.25) is 0 Å². The van der Waals surface area contributed by atoms with E-state index in [9.17, 15) is 9.59 Å². The summed E-state index contributed by atoms with van der Waals surface area (Å²) in [4.78, 5) is 22.1. The average Bonchev–Trinajstić information content (AvgIpc) is 2.67. The van der Waals surface area contributed by atoms with E-state index in [-0.39, 0.29) is 36.7 Å². The van der Waals surface area contributed by atoms with Crippen LogP contribution in [0.1, 0.15) is 31.8 Å². The molecular formula is C18H25Cl2N3O3. The van der Waals surface area contributed by atoms with Crippen molar-refractivity contribution >= 4 is 36.7 Å². The van der Waals surface area contributed by atoms with Crippen molar-refractivity contribution in [2.45, 2.75) is 13.1 Å². The van der Waals surface area contributed by atoms with E-state index in [1.165, 1.54) is 7.11 Å². The van der Waals surface area contributed by atoms with Gasteiger partial charge < -0.3 is 21.5 Å². The van der Waals surface area contributed by atoms with Crippen molar-refractivity contribution in [1.82, 2.24) is 5.32 Å². The molecule has 0 unspecified atom stereocenters. The fourth-order valence-electron chi connectivity index (χ4n) is 1.93. The molecule has 0 fully saturated rings. The lowest BCUT2D eigenvalue weighted by Gasteiger charge is -2.01. The van der Waals surface area contributed by atoms with Crippen LogP contribution in [0.5, 0.6) is 0 Å². The SMILES string of the molecule is CNC(=O)c1cccc(CN)c1.COC(=O)c1cccc(CN)c1.Cl.Cl. The zero-order chi connectivity index (χ0) is 17.9. The largest absolute Gasteiger partial charge is 0.465 e. The highest BCUT2D eigenvalue weighted by Gasteiger charge is 2.04. The summed E-state index contributed by atoms with van der Waals surface area (Å²) in [5, 5.41) is 2.55. The summed E-state index contributed by atoms with van der Waals surface area (Å²) < 4.78 is 4.56. The van der Waals surface area contributed by atoms with Crippen molar-refractivity contribution in [1.29, 1.82) is 0 Å². The molecule has 0 aromatic heterocycles. The van der Waals surface area contributed by atoms with Gasteiger partial charge in [-0.3, -0.25) is 4.79 Å². The van der Waals surface area contributed by atoms with E-state index in [2.05, 4.69) is 10.1 Å². The molecule has 0 atom stereocenters. The van der Waals surface area contributed by atoms with Crippen LogP contribution in [0.3, 0.4) is 0 Å². The number of halogens is 2. The Labute approximate surface area is 166 Å². The van der Waals surface area contributed by atoms with Crippen LogP contribution < -0.4 is 16.8 Å². The molecule has 2 rings (SSSR count). The first kappa shape index (κ1) is 26.1. The predicted molar refractivity (Wildman–Crippen MR) is 108 cm³/mol. The van der Waals surface area contributed by atoms with E-state index in [4.69, 9.17) is 11.5 Å². The van der Waals surface area contributed by atoms with Crippen molar-refractivity contribution in [2.24, 2.45) is 11.5 Å². The quantitative estimate of drug-likeness (QED) is 0.681. The van der Waals surface area contributed by atoms with Gasteiger partial charge in [0.15, 0.2) is 0 Å². The number of carbonyl (C=O) groups is 2. The van der Waals surface area contributed by atoms with Crippen LogP contribution in [0.15, 0.2) is 48.5 Å². The summed E-state index contributed by atoms with van der Waals surface area (Å²) in [6.45, 7) is 0.898. The lowest BCUT2D eigenvalue weighted by molar-refractivity contribution is 0.0600. The van der Waals surface area contributed by atoms with Gasteiger partial charge in [-0.05, 0) is 35.4 Å². The van der Waals surface area contributed by atoms with Crippen molar-refractivity contribution in [3.05, 3.63) is 70.8 Å². The zero-order valence-electron chi connectivity index (χ0n) is 14.7. The Morgan fingerprint density at radius 3 is 1.81 bits per heavy atom. The second kappa shape index (κ2) is 14.1. The molecular weight excluding hydrogens is 377 g/mol. The highest BCUT2D eigenvalue weighted by atomic mass is 35.5. The molecule has 2 aromatic rings. The van der Waals surface area contributed by atoms with Crippen LogP contribution >= 0.6 is 24.8 Å². The van der Waals surface area contributed by atoms with Gasteiger partial charge >= 0.3 is 5.97 Å². The lowest BCUT2D eigenvalue weighted by Crippen LogP contribution is -2.17. The number of amides is 1. The zero-order valence-corrected chi connectivity index (χ0v) is 16.4. The van der Waals surface area contributed by atoms with Gasteiger partial charge in [0, 0.05) is 25.7 Å². The molecule has 0 saturated carbocycles. The third kappa shape index (κ3) is 8.31. The van der Waals surface area contributed by atoms with Crippen molar-refractivity contribution < 1.29 is 14.3 Å². The first-order valence-electron chi connectivity index (χ1n) is 7.44. The second-order valence-electron chi connectivity index (χ2n) is 4.88. The van der Waals surface area contributed by atoms with E-state index in [1.54, 1.807) is 37.4 Å². The third-order valence-corrected chi connectivity index (χ3v) is 3.24. The van der Waals surface area contributed by atoms with E-state index in [1.807, 2.05) is 18.2 Å². The number of ether oxygens (including phenoxy) is 1. The fraction of sp³-hybridized carbons (Fsp3) is 0.222. The van der Waals surface area contributed by atoms with Gasteiger partial charge in [0.05, 0.1) is 12.7 Å². The van der Waals surface area contributed by atoms with Crippen molar-refractivity contribution in [3.63, 3.8) is 0 Å². The molecule has 0 aliphatic rings. The number of benzene rings is 2. The molecule has 26 heavy (non-hydrogen) atoms. The van der Waals surface area contributed by atoms with E-state index < -0.39 is 0 Å². The maximum Gasteiger partial charge on any atom is 0.337 e. The number of rotatable bonds is 4. The summed E-state index contributed by atoms with van der Waals surface area (Å²) in [5.41, 5.74) is 13.9. The number of nitrogens with two attached hydrogens (primary N) is 2. The number of nitrogens with one attached hydrogen (secondary N) is 1. The fourth-order valence-corrected chi connectivity index (χ4v) is 1.93. The summed E-state index contributed by atoms with van der Waals surface area (Å²) >= 11 is 0. The highest BCUT2D eigenvalue weighted by Crippen LogP contribution is 2.05. The Morgan fingerprint density at radius 2 is 1.38 bits per heavy atom. The Hall–Kier alpha value is -2.12. The standard InChI is InChI=1S/C9H12N2O.C9H11NO2.2ClH/c1-11-9(12)8-4-2-3-7(5-8)6-10;1-12-9(11)8-4-2-3-7(5-8)6-10;;/h2-5H,6,10H2,1H3,(H,11,12);2-5H,6,10H2,1H3;2*1H. The van der Waals surface area contributed by atoms with Crippen LogP contribution in [0.25, 0.3) is 0 Å². The van der Waals surface area contributed by atoms with Gasteiger partial charge in [0.1, 0.15) is 0 Å². The minimum absolute atomic E-state index is 0. The minimum atomic E-state index is -0.328. The molecule has 0 bridgehead atoms. The van der Waals surface area contributed by atoms with Crippen molar-refractivity contribution in [3.8, 4) is 0 Å². The monoisotopic (exact) mass is 401 g/mol. The van der Waals surface area contributed by atoms with Crippen molar-refractivity contribution in [2.75, 3.05) is 14.2 Å². The minimum Gasteiger partial charge on any atom is -0.465 e. The molecule has 2 aromatic carbocycles. The summed E-state index contributed by atoms with van der Waals surface area (Å²) in [7, 11) is 2.97. The molecule has 8 heteroatoms. The van der Waals surface area contributed by atoms with Crippen LogP contribution in [-0.4, -0.2) is 26.0 Å².